The maximum atomic E-state index is 13.5. The van der Waals surface area contributed by atoms with Crippen LogP contribution < -0.4 is 15.0 Å². The molecule has 0 saturated heterocycles. The minimum Gasteiger partial charge on any atom is -0.477 e. The Kier molecular flexibility index (Phi) is 5.96. The first kappa shape index (κ1) is 20.1. The number of benzene rings is 1. The summed E-state index contributed by atoms with van der Waals surface area (Å²) in [5.74, 6) is -1.68. The standard InChI is InChI=1S/C20H20N2O7/c1-4-28-19(25)14-13(18(24)26-2)10-11-29-16-15(14)17(23)22(20(21-16)27-3)12-8-6-5-7-9-12/h5-9H,4,10-11H2,1-3H3. The van der Waals surface area contributed by atoms with E-state index in [1.54, 1.807) is 37.3 Å². The molecule has 9 heteroatoms. The maximum Gasteiger partial charge on any atom is 0.339 e. The molecule has 9 nitrogen and oxygen atoms in total. The number of fused-ring (bicyclic) bond motifs is 1. The van der Waals surface area contributed by atoms with Gasteiger partial charge in [-0.05, 0) is 19.1 Å². The summed E-state index contributed by atoms with van der Waals surface area (Å²) in [5.41, 5.74) is -0.559. The van der Waals surface area contributed by atoms with Gasteiger partial charge in [-0.25, -0.2) is 14.2 Å². The Morgan fingerprint density at radius 2 is 1.90 bits per heavy atom. The van der Waals surface area contributed by atoms with Gasteiger partial charge in [-0.3, -0.25) is 4.79 Å². The lowest BCUT2D eigenvalue weighted by molar-refractivity contribution is -0.138. The van der Waals surface area contributed by atoms with Crippen molar-refractivity contribution in [1.82, 2.24) is 9.55 Å². The average Bonchev–Trinajstić information content (AvgIpc) is 2.93. The van der Waals surface area contributed by atoms with Crippen LogP contribution in [0.3, 0.4) is 0 Å². The van der Waals surface area contributed by atoms with E-state index in [1.807, 2.05) is 0 Å². The summed E-state index contributed by atoms with van der Waals surface area (Å²) in [4.78, 5) is 42.8. The highest BCUT2D eigenvalue weighted by atomic mass is 16.5. The molecule has 1 aromatic carbocycles. The summed E-state index contributed by atoms with van der Waals surface area (Å²) >= 11 is 0. The van der Waals surface area contributed by atoms with Crippen molar-refractivity contribution in [2.45, 2.75) is 13.3 Å². The smallest absolute Gasteiger partial charge is 0.339 e. The van der Waals surface area contributed by atoms with Crippen molar-refractivity contribution in [2.24, 2.45) is 0 Å². The second kappa shape index (κ2) is 8.59. The third-order valence-corrected chi connectivity index (χ3v) is 4.27. The van der Waals surface area contributed by atoms with E-state index in [9.17, 15) is 14.4 Å². The maximum absolute atomic E-state index is 13.5. The molecule has 0 fully saturated rings. The van der Waals surface area contributed by atoms with E-state index in [-0.39, 0.29) is 48.2 Å². The number of hydrogen-bond acceptors (Lipinski definition) is 8. The largest absolute Gasteiger partial charge is 0.477 e. The topological polar surface area (TPSA) is 106 Å². The molecule has 0 unspecified atom stereocenters. The van der Waals surface area contributed by atoms with Gasteiger partial charge in [-0.15, -0.1) is 0 Å². The van der Waals surface area contributed by atoms with Crippen molar-refractivity contribution in [1.29, 1.82) is 0 Å². The molecule has 0 saturated carbocycles. The molecule has 1 aliphatic rings. The molecule has 152 valence electrons. The summed E-state index contributed by atoms with van der Waals surface area (Å²) < 4.78 is 22.0. The normalized spacial score (nSPS) is 13.1. The van der Waals surface area contributed by atoms with E-state index in [2.05, 4.69) is 4.98 Å². The number of aromatic nitrogens is 2. The first-order valence-corrected chi connectivity index (χ1v) is 8.91. The minimum atomic E-state index is -0.830. The third-order valence-electron chi connectivity index (χ3n) is 4.27. The third kappa shape index (κ3) is 3.71. The van der Waals surface area contributed by atoms with E-state index >= 15 is 0 Å². The number of carbonyl (C=O) groups is 2. The van der Waals surface area contributed by atoms with E-state index < -0.39 is 17.5 Å². The Balaban J connectivity index is 2.39. The van der Waals surface area contributed by atoms with Crippen molar-refractivity contribution in [3.63, 3.8) is 0 Å². The zero-order chi connectivity index (χ0) is 21.0. The molecule has 0 atom stereocenters. The zero-order valence-electron chi connectivity index (χ0n) is 16.3. The first-order valence-electron chi connectivity index (χ1n) is 8.91. The second-order valence-corrected chi connectivity index (χ2v) is 5.92. The molecule has 2 aromatic rings. The van der Waals surface area contributed by atoms with Crippen molar-refractivity contribution in [3.8, 4) is 17.6 Å². The number of nitrogens with zero attached hydrogens (tertiary/aromatic N) is 2. The number of esters is 2. The Bertz CT molecular complexity index is 1030. The van der Waals surface area contributed by atoms with Gasteiger partial charge in [0.2, 0.25) is 5.88 Å². The van der Waals surface area contributed by atoms with Crippen LogP contribution >= 0.6 is 0 Å². The van der Waals surface area contributed by atoms with Gasteiger partial charge in [0.15, 0.2) is 0 Å². The van der Waals surface area contributed by atoms with Crippen molar-refractivity contribution in [2.75, 3.05) is 27.4 Å². The lowest BCUT2D eigenvalue weighted by Gasteiger charge is -2.16. The SMILES string of the molecule is CCOC(=O)C1=C(C(=O)OC)CCOc2nc(OC)n(-c3ccccc3)c(=O)c21. The molecular formula is C20H20N2O7. The van der Waals surface area contributed by atoms with Gasteiger partial charge in [0, 0.05) is 6.42 Å². The highest BCUT2D eigenvalue weighted by Gasteiger charge is 2.34. The predicted octanol–water partition coefficient (Wildman–Crippen LogP) is 1.51. The highest BCUT2D eigenvalue weighted by Crippen LogP contribution is 2.32. The number of para-hydroxylation sites is 1. The van der Waals surface area contributed by atoms with Crippen molar-refractivity contribution < 1.29 is 28.5 Å². The van der Waals surface area contributed by atoms with Crippen molar-refractivity contribution >= 4 is 17.5 Å². The van der Waals surface area contributed by atoms with Crippen LogP contribution in [0.5, 0.6) is 11.9 Å². The summed E-state index contributed by atoms with van der Waals surface area (Å²) in [5, 5.41) is 0. The van der Waals surface area contributed by atoms with Crippen LogP contribution in [0.15, 0.2) is 40.7 Å². The fourth-order valence-electron chi connectivity index (χ4n) is 3.02. The molecule has 3 rings (SSSR count). The van der Waals surface area contributed by atoms with Gasteiger partial charge < -0.3 is 18.9 Å². The van der Waals surface area contributed by atoms with E-state index in [0.717, 1.165) is 0 Å². The quantitative estimate of drug-likeness (QED) is 0.696. The number of methoxy groups -OCH3 is 2. The fourth-order valence-corrected chi connectivity index (χ4v) is 3.02. The van der Waals surface area contributed by atoms with Gasteiger partial charge in [0.05, 0.1) is 44.3 Å². The molecular weight excluding hydrogens is 380 g/mol. The summed E-state index contributed by atoms with van der Waals surface area (Å²) in [6.07, 6.45) is 0.0459. The molecule has 2 heterocycles. The average molecular weight is 400 g/mol. The molecule has 29 heavy (non-hydrogen) atoms. The number of ether oxygens (including phenoxy) is 4. The lowest BCUT2D eigenvalue weighted by Crippen LogP contribution is -2.28. The first-order chi connectivity index (χ1) is 14.0. The van der Waals surface area contributed by atoms with E-state index in [0.29, 0.717) is 5.69 Å². The molecule has 1 aliphatic heterocycles. The van der Waals surface area contributed by atoms with Crippen LogP contribution in [-0.4, -0.2) is 48.9 Å². The number of carbonyl (C=O) groups excluding carboxylic acids is 2. The van der Waals surface area contributed by atoms with Crippen LogP contribution in [0.25, 0.3) is 11.3 Å². The second-order valence-electron chi connectivity index (χ2n) is 5.92. The Morgan fingerprint density at radius 1 is 1.17 bits per heavy atom. The number of hydrogen-bond donors (Lipinski definition) is 0. The molecule has 0 radical (unpaired) electrons. The number of rotatable bonds is 5. The Morgan fingerprint density at radius 3 is 2.52 bits per heavy atom. The fraction of sp³-hybridized carbons (Fsp3) is 0.300. The Hall–Kier alpha value is -3.62. The summed E-state index contributed by atoms with van der Waals surface area (Å²) in [6, 6.07) is 8.62. The van der Waals surface area contributed by atoms with Crippen LogP contribution in [0.1, 0.15) is 18.9 Å². The van der Waals surface area contributed by atoms with Crippen LogP contribution in [0.4, 0.5) is 0 Å². The van der Waals surface area contributed by atoms with Crippen LogP contribution in [0.2, 0.25) is 0 Å². The zero-order valence-corrected chi connectivity index (χ0v) is 16.3. The van der Waals surface area contributed by atoms with Crippen LogP contribution in [-0.2, 0) is 19.1 Å². The van der Waals surface area contributed by atoms with E-state index in [4.69, 9.17) is 18.9 Å². The molecule has 0 spiro atoms. The molecule has 0 N–H and O–H groups in total. The molecule has 0 bridgehead atoms. The van der Waals surface area contributed by atoms with Gasteiger partial charge in [0.25, 0.3) is 5.56 Å². The Labute approximate surface area is 166 Å². The summed E-state index contributed by atoms with van der Waals surface area (Å²) in [7, 11) is 2.56. The van der Waals surface area contributed by atoms with E-state index in [1.165, 1.54) is 18.8 Å². The molecule has 0 amide bonds. The summed E-state index contributed by atoms with van der Waals surface area (Å²) in [6.45, 7) is 1.70. The van der Waals surface area contributed by atoms with Gasteiger partial charge in [0.1, 0.15) is 5.56 Å². The molecule has 0 aliphatic carbocycles. The van der Waals surface area contributed by atoms with Gasteiger partial charge in [-0.1, -0.05) is 18.2 Å². The van der Waals surface area contributed by atoms with Gasteiger partial charge >= 0.3 is 17.9 Å². The van der Waals surface area contributed by atoms with Crippen LogP contribution in [0, 0.1) is 0 Å². The minimum absolute atomic E-state index is 0.00613. The molecule has 1 aromatic heterocycles. The van der Waals surface area contributed by atoms with Gasteiger partial charge in [-0.2, -0.15) is 4.98 Å². The lowest BCUT2D eigenvalue weighted by atomic mass is 10.00. The predicted molar refractivity (Wildman–Crippen MR) is 102 cm³/mol. The monoisotopic (exact) mass is 400 g/mol. The highest BCUT2D eigenvalue weighted by molar-refractivity contribution is 6.23. The van der Waals surface area contributed by atoms with Crippen molar-refractivity contribution in [3.05, 3.63) is 51.8 Å².